The summed E-state index contributed by atoms with van der Waals surface area (Å²) >= 11 is 18.2. The van der Waals surface area contributed by atoms with Crippen molar-refractivity contribution >= 4 is 63.9 Å². The van der Waals surface area contributed by atoms with E-state index in [1.165, 1.54) is 23.1 Å². The molecule has 2 aliphatic rings. The maximum atomic E-state index is 12.8. The molecule has 1 heterocycles. The molecular formula is C21H17Cl3N2O3. The van der Waals surface area contributed by atoms with Gasteiger partial charge in [-0.1, -0.05) is 47.6 Å². The molecule has 1 aliphatic carbocycles. The van der Waals surface area contributed by atoms with Gasteiger partial charge in [0, 0.05) is 5.02 Å². The Morgan fingerprint density at radius 1 is 0.897 bits per heavy atom. The lowest BCUT2D eigenvalue weighted by atomic mass is 9.81. The van der Waals surface area contributed by atoms with Gasteiger partial charge >= 0.3 is 0 Å². The minimum absolute atomic E-state index is 0.181. The van der Waals surface area contributed by atoms with E-state index >= 15 is 0 Å². The summed E-state index contributed by atoms with van der Waals surface area (Å²) in [4.78, 5) is 39.5. The Kier molecular flexibility index (Phi) is 5.56. The normalized spacial score (nSPS) is 21.3. The highest BCUT2D eigenvalue weighted by molar-refractivity contribution is 6.38. The lowest BCUT2D eigenvalue weighted by Crippen LogP contribution is -2.31. The molecule has 2 aromatic carbocycles. The van der Waals surface area contributed by atoms with Gasteiger partial charge in [0.05, 0.1) is 38.8 Å². The van der Waals surface area contributed by atoms with Crippen molar-refractivity contribution in [3.63, 3.8) is 0 Å². The number of fused-ring (bicyclic) bond motifs is 1. The van der Waals surface area contributed by atoms with Gasteiger partial charge in [0.15, 0.2) is 0 Å². The monoisotopic (exact) mass is 450 g/mol. The fourth-order valence-electron chi connectivity index (χ4n) is 4.03. The number of nitrogens with zero attached hydrogens (tertiary/aromatic N) is 1. The van der Waals surface area contributed by atoms with E-state index in [2.05, 4.69) is 5.32 Å². The molecule has 1 saturated heterocycles. The second kappa shape index (κ2) is 7.98. The molecule has 0 bridgehead atoms. The van der Waals surface area contributed by atoms with Crippen molar-refractivity contribution in [2.45, 2.75) is 25.7 Å². The SMILES string of the molecule is O=C(Nc1cc(N2C(=O)[C@@H]3CCCC[C@H]3C2=O)ccc1Cl)c1ccc(Cl)cc1Cl. The molecule has 1 aliphatic heterocycles. The maximum Gasteiger partial charge on any atom is 0.257 e. The zero-order valence-corrected chi connectivity index (χ0v) is 17.5. The van der Waals surface area contributed by atoms with Crippen molar-refractivity contribution in [2.24, 2.45) is 11.8 Å². The molecule has 0 aromatic heterocycles. The summed E-state index contributed by atoms with van der Waals surface area (Å²) in [7, 11) is 0. The molecule has 0 unspecified atom stereocenters. The van der Waals surface area contributed by atoms with Gasteiger partial charge in [-0.05, 0) is 49.2 Å². The van der Waals surface area contributed by atoms with Crippen LogP contribution < -0.4 is 10.2 Å². The first-order valence-corrected chi connectivity index (χ1v) is 10.4. The summed E-state index contributed by atoms with van der Waals surface area (Å²) < 4.78 is 0. The Bertz CT molecular complexity index is 1000. The van der Waals surface area contributed by atoms with Gasteiger partial charge < -0.3 is 5.32 Å². The number of carbonyl (C=O) groups is 3. The van der Waals surface area contributed by atoms with Gasteiger partial charge in [0.1, 0.15) is 0 Å². The molecular weight excluding hydrogens is 435 g/mol. The topological polar surface area (TPSA) is 66.5 Å². The average Bonchev–Trinajstić information content (AvgIpc) is 2.94. The van der Waals surface area contributed by atoms with Crippen molar-refractivity contribution in [1.82, 2.24) is 0 Å². The minimum Gasteiger partial charge on any atom is -0.321 e. The van der Waals surface area contributed by atoms with Crippen LogP contribution in [-0.4, -0.2) is 17.7 Å². The van der Waals surface area contributed by atoms with E-state index in [1.54, 1.807) is 18.2 Å². The Morgan fingerprint density at radius 3 is 2.17 bits per heavy atom. The number of hydrogen-bond acceptors (Lipinski definition) is 3. The Morgan fingerprint density at radius 2 is 1.55 bits per heavy atom. The number of halogens is 3. The van der Waals surface area contributed by atoms with Crippen LogP contribution in [-0.2, 0) is 9.59 Å². The average molecular weight is 452 g/mol. The first kappa shape index (κ1) is 20.2. The minimum atomic E-state index is -0.474. The second-order valence-corrected chi connectivity index (χ2v) is 8.50. The van der Waals surface area contributed by atoms with Crippen LogP contribution >= 0.6 is 34.8 Å². The largest absolute Gasteiger partial charge is 0.321 e. The maximum absolute atomic E-state index is 12.8. The number of imide groups is 1. The van der Waals surface area contributed by atoms with Crippen LogP contribution in [0.25, 0.3) is 0 Å². The summed E-state index contributed by atoms with van der Waals surface area (Å²) in [6, 6.07) is 9.25. The van der Waals surface area contributed by atoms with Crippen LogP contribution in [0.2, 0.25) is 15.1 Å². The van der Waals surface area contributed by atoms with Crippen molar-refractivity contribution in [3.05, 3.63) is 57.0 Å². The van der Waals surface area contributed by atoms with Crippen LogP contribution in [0.1, 0.15) is 36.0 Å². The summed E-state index contributed by atoms with van der Waals surface area (Å²) in [5.41, 5.74) is 0.920. The number of hydrogen-bond donors (Lipinski definition) is 1. The molecule has 1 N–H and O–H groups in total. The van der Waals surface area contributed by atoms with E-state index in [-0.39, 0.29) is 44.9 Å². The van der Waals surface area contributed by atoms with Crippen molar-refractivity contribution in [2.75, 3.05) is 10.2 Å². The van der Waals surface area contributed by atoms with Crippen molar-refractivity contribution in [3.8, 4) is 0 Å². The molecule has 0 radical (unpaired) electrons. The molecule has 8 heteroatoms. The molecule has 1 saturated carbocycles. The highest BCUT2D eigenvalue weighted by atomic mass is 35.5. The van der Waals surface area contributed by atoms with Gasteiger partial charge in [-0.15, -0.1) is 0 Å². The van der Waals surface area contributed by atoms with E-state index in [1.807, 2.05) is 0 Å². The third-order valence-corrected chi connectivity index (χ3v) is 6.35. The first-order valence-electron chi connectivity index (χ1n) is 9.30. The summed E-state index contributed by atoms with van der Waals surface area (Å²) in [6.07, 6.45) is 3.38. The van der Waals surface area contributed by atoms with Gasteiger partial charge in [-0.25, -0.2) is 4.90 Å². The van der Waals surface area contributed by atoms with Gasteiger partial charge in [0.25, 0.3) is 5.91 Å². The third kappa shape index (κ3) is 3.75. The molecule has 2 aromatic rings. The van der Waals surface area contributed by atoms with Gasteiger partial charge in [-0.3, -0.25) is 14.4 Å². The first-order chi connectivity index (χ1) is 13.9. The highest BCUT2D eigenvalue weighted by Crippen LogP contribution is 2.41. The zero-order valence-electron chi connectivity index (χ0n) is 15.3. The van der Waals surface area contributed by atoms with Crippen molar-refractivity contribution in [1.29, 1.82) is 0 Å². The Hall–Kier alpha value is -2.08. The highest BCUT2D eigenvalue weighted by Gasteiger charge is 2.48. The fourth-order valence-corrected chi connectivity index (χ4v) is 4.69. The Labute approximate surface area is 182 Å². The summed E-state index contributed by atoms with van der Waals surface area (Å²) in [6.45, 7) is 0. The lowest BCUT2D eigenvalue weighted by molar-refractivity contribution is -0.122. The van der Waals surface area contributed by atoms with Crippen LogP contribution in [0.15, 0.2) is 36.4 Å². The predicted octanol–water partition coefficient (Wildman–Crippen LogP) is 5.58. The summed E-state index contributed by atoms with van der Waals surface area (Å²) in [5, 5.41) is 3.60. The molecule has 3 amide bonds. The molecule has 2 fully saturated rings. The Balaban J connectivity index is 1.62. The molecule has 5 nitrogen and oxygen atoms in total. The summed E-state index contributed by atoms with van der Waals surface area (Å²) in [5.74, 6) is -1.34. The van der Waals surface area contributed by atoms with Gasteiger partial charge in [-0.2, -0.15) is 0 Å². The molecule has 4 rings (SSSR count). The van der Waals surface area contributed by atoms with Crippen LogP contribution in [0.4, 0.5) is 11.4 Å². The quantitative estimate of drug-likeness (QED) is 0.620. The van der Waals surface area contributed by atoms with Crippen LogP contribution in [0.3, 0.4) is 0 Å². The standard InChI is InChI=1S/C21H17Cl3N2O3/c22-11-5-7-15(17(24)9-11)19(27)25-18-10-12(6-8-16(18)23)26-20(28)13-3-1-2-4-14(13)21(26)29/h5-10,13-14H,1-4H2,(H,25,27)/t13-,14-/m1/s1. The predicted molar refractivity (Wildman–Crippen MR) is 114 cm³/mol. The molecule has 150 valence electrons. The molecule has 29 heavy (non-hydrogen) atoms. The lowest BCUT2D eigenvalue weighted by Gasteiger charge is -2.19. The van der Waals surface area contributed by atoms with E-state index in [0.717, 1.165) is 25.7 Å². The van der Waals surface area contributed by atoms with Crippen LogP contribution in [0, 0.1) is 11.8 Å². The number of carbonyl (C=O) groups excluding carboxylic acids is 3. The van der Waals surface area contributed by atoms with E-state index in [0.29, 0.717) is 10.7 Å². The second-order valence-electron chi connectivity index (χ2n) is 7.25. The zero-order chi connectivity index (χ0) is 20.7. The van der Waals surface area contributed by atoms with Crippen LogP contribution in [0.5, 0.6) is 0 Å². The van der Waals surface area contributed by atoms with E-state index < -0.39 is 5.91 Å². The molecule has 2 atom stereocenters. The number of benzene rings is 2. The van der Waals surface area contributed by atoms with E-state index in [9.17, 15) is 14.4 Å². The fraction of sp³-hybridized carbons (Fsp3) is 0.286. The van der Waals surface area contributed by atoms with Gasteiger partial charge in [0.2, 0.25) is 11.8 Å². The number of anilines is 2. The number of nitrogens with one attached hydrogen (secondary N) is 1. The number of rotatable bonds is 3. The smallest absolute Gasteiger partial charge is 0.257 e. The van der Waals surface area contributed by atoms with Crippen molar-refractivity contribution < 1.29 is 14.4 Å². The molecule has 0 spiro atoms. The van der Waals surface area contributed by atoms with E-state index in [4.69, 9.17) is 34.8 Å². The third-order valence-electron chi connectivity index (χ3n) is 5.47. The number of amides is 3.